The third-order valence-electron chi connectivity index (χ3n) is 5.96. The number of hydrogen-bond donors (Lipinski definition) is 0. The summed E-state index contributed by atoms with van der Waals surface area (Å²) >= 11 is 0. The second-order valence-corrected chi connectivity index (χ2v) is 8.13. The van der Waals surface area contributed by atoms with E-state index in [0.29, 0.717) is 37.9 Å². The molecule has 2 fully saturated rings. The van der Waals surface area contributed by atoms with Gasteiger partial charge >= 0.3 is 0 Å². The van der Waals surface area contributed by atoms with E-state index in [0.717, 1.165) is 42.0 Å². The van der Waals surface area contributed by atoms with Crippen molar-refractivity contribution in [3.63, 3.8) is 0 Å². The van der Waals surface area contributed by atoms with Crippen molar-refractivity contribution in [2.45, 2.75) is 39.6 Å². The average Bonchev–Trinajstić information content (AvgIpc) is 3.47. The lowest BCUT2D eigenvalue weighted by atomic mass is 9.97. The Morgan fingerprint density at radius 2 is 2.06 bits per heavy atom. The van der Waals surface area contributed by atoms with E-state index in [1.165, 1.54) is 0 Å². The van der Waals surface area contributed by atoms with Crippen LogP contribution in [-0.4, -0.2) is 55.7 Å². The van der Waals surface area contributed by atoms with Gasteiger partial charge in [-0.25, -0.2) is 0 Å². The number of carbonyl (C=O) groups excluding carboxylic acids is 1. The number of methoxy groups -OCH3 is 1. The lowest BCUT2D eigenvalue weighted by Crippen LogP contribution is -2.43. The van der Waals surface area contributed by atoms with Gasteiger partial charge in [0.05, 0.1) is 31.6 Å². The summed E-state index contributed by atoms with van der Waals surface area (Å²) in [6.45, 7) is 6.77. The smallest absolute Gasteiger partial charge is 0.246 e. The van der Waals surface area contributed by atoms with Crippen molar-refractivity contribution in [1.82, 2.24) is 10.1 Å². The minimum atomic E-state index is -0.184. The molecule has 0 saturated carbocycles. The van der Waals surface area contributed by atoms with Gasteiger partial charge in [0.15, 0.2) is 17.8 Å². The van der Waals surface area contributed by atoms with Crippen LogP contribution in [0.3, 0.4) is 0 Å². The fourth-order valence-corrected chi connectivity index (χ4v) is 4.12. The van der Waals surface area contributed by atoms with Gasteiger partial charge in [-0.3, -0.25) is 4.79 Å². The summed E-state index contributed by atoms with van der Waals surface area (Å²) < 4.78 is 27.9. The molecule has 4 rings (SSSR count). The normalized spacial score (nSPS) is 19.6. The zero-order chi connectivity index (χ0) is 22.5. The van der Waals surface area contributed by atoms with Crippen LogP contribution >= 0.6 is 0 Å². The predicted octanol–water partition coefficient (Wildman–Crippen LogP) is 3.50. The summed E-state index contributed by atoms with van der Waals surface area (Å²) in [4.78, 5) is 14.6. The van der Waals surface area contributed by atoms with E-state index in [4.69, 9.17) is 23.5 Å². The first-order valence-electron chi connectivity index (χ1n) is 11.0. The van der Waals surface area contributed by atoms with Crippen molar-refractivity contribution in [1.29, 1.82) is 0 Å². The molecule has 2 saturated heterocycles. The Bertz CT molecular complexity index is 944. The lowest BCUT2D eigenvalue weighted by molar-refractivity contribution is -0.134. The Hall–Kier alpha value is -2.84. The SMILES string of the molecule is COc1cc(/C=C/C(=O)N2CCCC(C3OCCO3)C2)ccc1OCc1c(C)noc1C. The summed E-state index contributed by atoms with van der Waals surface area (Å²) in [6.07, 6.45) is 5.20. The van der Waals surface area contributed by atoms with Crippen molar-refractivity contribution in [2.24, 2.45) is 5.92 Å². The van der Waals surface area contributed by atoms with E-state index in [2.05, 4.69) is 5.16 Å². The highest BCUT2D eigenvalue weighted by atomic mass is 16.7. The van der Waals surface area contributed by atoms with Gasteiger partial charge in [0.1, 0.15) is 12.4 Å². The number of hydrogen-bond acceptors (Lipinski definition) is 7. The quantitative estimate of drug-likeness (QED) is 0.607. The first-order valence-corrected chi connectivity index (χ1v) is 11.0. The summed E-state index contributed by atoms with van der Waals surface area (Å²) in [5.41, 5.74) is 2.59. The van der Waals surface area contributed by atoms with Crippen LogP contribution in [0.4, 0.5) is 0 Å². The molecular formula is C24H30N2O6. The molecule has 1 aromatic carbocycles. The molecule has 3 heterocycles. The largest absolute Gasteiger partial charge is 0.493 e. The number of piperidine rings is 1. The third kappa shape index (κ3) is 5.14. The summed E-state index contributed by atoms with van der Waals surface area (Å²) in [6, 6.07) is 5.59. The van der Waals surface area contributed by atoms with Gasteiger partial charge in [0.2, 0.25) is 5.91 Å². The van der Waals surface area contributed by atoms with Crippen molar-refractivity contribution >= 4 is 12.0 Å². The van der Waals surface area contributed by atoms with E-state index in [-0.39, 0.29) is 18.1 Å². The van der Waals surface area contributed by atoms with Crippen LogP contribution in [0.2, 0.25) is 0 Å². The highest BCUT2D eigenvalue weighted by Gasteiger charge is 2.32. The number of aromatic nitrogens is 1. The van der Waals surface area contributed by atoms with Gasteiger partial charge in [-0.2, -0.15) is 0 Å². The van der Waals surface area contributed by atoms with Crippen LogP contribution < -0.4 is 9.47 Å². The van der Waals surface area contributed by atoms with E-state index in [9.17, 15) is 4.79 Å². The first kappa shape index (κ1) is 22.4. The average molecular weight is 443 g/mol. The lowest BCUT2D eigenvalue weighted by Gasteiger charge is -2.34. The second-order valence-electron chi connectivity index (χ2n) is 8.13. The third-order valence-corrected chi connectivity index (χ3v) is 5.96. The fraction of sp³-hybridized carbons (Fsp3) is 0.500. The van der Waals surface area contributed by atoms with Crippen molar-refractivity contribution in [3.8, 4) is 11.5 Å². The van der Waals surface area contributed by atoms with Gasteiger partial charge in [-0.1, -0.05) is 11.2 Å². The maximum atomic E-state index is 12.7. The van der Waals surface area contributed by atoms with E-state index in [1.54, 1.807) is 19.3 Å². The Morgan fingerprint density at radius 3 is 2.78 bits per heavy atom. The molecule has 0 aliphatic carbocycles. The predicted molar refractivity (Wildman–Crippen MR) is 117 cm³/mol. The summed E-state index contributed by atoms with van der Waals surface area (Å²) in [5, 5.41) is 3.95. The molecule has 1 unspecified atom stereocenters. The van der Waals surface area contributed by atoms with Gasteiger partial charge < -0.3 is 28.4 Å². The molecule has 0 bridgehead atoms. The summed E-state index contributed by atoms with van der Waals surface area (Å²) in [5.74, 6) is 2.18. The standard InChI is InChI=1S/C24H30N2O6/c1-16-20(17(2)32-25-16)15-31-21-8-6-18(13-22(21)28-3)7-9-23(27)26-10-4-5-19(14-26)24-29-11-12-30-24/h6-9,13,19,24H,4-5,10-12,14-15H2,1-3H3/b9-7+. The number of aryl methyl sites for hydroxylation is 2. The molecule has 2 aliphatic heterocycles. The Balaban J connectivity index is 1.37. The Kier molecular flexibility index (Phi) is 7.12. The molecule has 0 radical (unpaired) electrons. The molecule has 2 aromatic rings. The molecule has 1 amide bonds. The number of amides is 1. The van der Waals surface area contributed by atoms with E-state index in [1.807, 2.05) is 36.9 Å². The number of benzene rings is 1. The second kappa shape index (κ2) is 10.2. The molecule has 0 N–H and O–H groups in total. The molecule has 1 aromatic heterocycles. The Morgan fingerprint density at radius 1 is 1.25 bits per heavy atom. The number of carbonyl (C=O) groups is 1. The Labute approximate surface area is 188 Å². The maximum absolute atomic E-state index is 12.7. The topological polar surface area (TPSA) is 83.3 Å². The van der Waals surface area contributed by atoms with Gasteiger partial charge in [0, 0.05) is 25.1 Å². The first-order chi connectivity index (χ1) is 15.5. The zero-order valence-corrected chi connectivity index (χ0v) is 18.8. The number of likely N-dealkylation sites (tertiary alicyclic amines) is 1. The van der Waals surface area contributed by atoms with E-state index >= 15 is 0 Å². The van der Waals surface area contributed by atoms with Crippen molar-refractivity contribution in [3.05, 3.63) is 46.9 Å². The molecule has 0 spiro atoms. The van der Waals surface area contributed by atoms with Crippen LogP contribution in [0.1, 0.15) is 35.4 Å². The number of nitrogens with zero attached hydrogens (tertiary/aromatic N) is 2. The van der Waals surface area contributed by atoms with Crippen LogP contribution in [-0.2, 0) is 20.9 Å². The molecule has 2 aliphatic rings. The highest BCUT2D eigenvalue weighted by molar-refractivity contribution is 5.92. The van der Waals surface area contributed by atoms with Crippen molar-refractivity contribution < 1.29 is 28.3 Å². The van der Waals surface area contributed by atoms with Gasteiger partial charge in [-0.05, 0) is 50.5 Å². The minimum Gasteiger partial charge on any atom is -0.493 e. The van der Waals surface area contributed by atoms with Gasteiger partial charge in [0.25, 0.3) is 0 Å². The zero-order valence-electron chi connectivity index (χ0n) is 18.8. The van der Waals surface area contributed by atoms with Crippen LogP contribution in [0, 0.1) is 19.8 Å². The molecule has 172 valence electrons. The number of ether oxygens (including phenoxy) is 4. The highest BCUT2D eigenvalue weighted by Crippen LogP contribution is 2.30. The minimum absolute atomic E-state index is 0.00889. The molecule has 8 nitrogen and oxygen atoms in total. The van der Waals surface area contributed by atoms with Crippen LogP contribution in [0.15, 0.2) is 28.8 Å². The van der Waals surface area contributed by atoms with Gasteiger partial charge in [-0.15, -0.1) is 0 Å². The maximum Gasteiger partial charge on any atom is 0.246 e. The van der Waals surface area contributed by atoms with Crippen LogP contribution in [0.25, 0.3) is 6.08 Å². The van der Waals surface area contributed by atoms with E-state index < -0.39 is 0 Å². The molecule has 32 heavy (non-hydrogen) atoms. The number of rotatable bonds is 7. The molecular weight excluding hydrogens is 412 g/mol. The molecule has 8 heteroatoms. The summed E-state index contributed by atoms with van der Waals surface area (Å²) in [7, 11) is 1.60. The molecule has 1 atom stereocenters. The van der Waals surface area contributed by atoms with Crippen molar-refractivity contribution in [2.75, 3.05) is 33.4 Å². The monoisotopic (exact) mass is 442 g/mol. The fourth-order valence-electron chi connectivity index (χ4n) is 4.12. The van der Waals surface area contributed by atoms with Crippen LogP contribution in [0.5, 0.6) is 11.5 Å².